The summed E-state index contributed by atoms with van der Waals surface area (Å²) in [6.07, 6.45) is 7.19. The van der Waals surface area contributed by atoms with E-state index < -0.39 is 0 Å². The summed E-state index contributed by atoms with van der Waals surface area (Å²) in [5.74, 6) is 2.74. The molecule has 1 heteroatoms. The third-order valence-electron chi connectivity index (χ3n) is 2.62. The topological polar surface area (TPSA) is 12.0 Å². The highest BCUT2D eigenvalue weighted by molar-refractivity contribution is 5.29. The lowest BCUT2D eigenvalue weighted by molar-refractivity contribution is 0.535. The largest absolute Gasteiger partial charge is 0.313 e. The van der Waals surface area contributed by atoms with Crippen molar-refractivity contribution in [2.45, 2.75) is 39.7 Å². The third kappa shape index (κ3) is 4.08. The number of hydrogen-bond acceptors (Lipinski definition) is 1. The molecule has 1 aromatic rings. The molecule has 1 unspecified atom stereocenters. The highest BCUT2D eigenvalue weighted by atomic mass is 14.9. The van der Waals surface area contributed by atoms with E-state index in [2.05, 4.69) is 50.2 Å². The normalized spacial score (nSPS) is 12.1. The molecule has 0 aliphatic carbocycles. The van der Waals surface area contributed by atoms with Gasteiger partial charge in [-0.2, -0.15) is 0 Å². The predicted octanol–water partition coefficient (Wildman–Crippen LogP) is 2.85. The Labute approximate surface area is 99.3 Å². The van der Waals surface area contributed by atoms with Gasteiger partial charge in [-0.1, -0.05) is 36.2 Å². The van der Waals surface area contributed by atoms with Gasteiger partial charge in [0.25, 0.3) is 0 Å². The first-order valence-corrected chi connectivity index (χ1v) is 5.89. The number of nitrogens with one attached hydrogen (secondary N) is 1. The minimum atomic E-state index is 0.399. The molecule has 86 valence electrons. The van der Waals surface area contributed by atoms with Gasteiger partial charge in [0.15, 0.2) is 0 Å². The van der Waals surface area contributed by atoms with Gasteiger partial charge in [0.05, 0.1) is 0 Å². The molecule has 0 aliphatic heterocycles. The summed E-state index contributed by atoms with van der Waals surface area (Å²) >= 11 is 0. The Bertz CT molecular complexity index is 353. The highest BCUT2D eigenvalue weighted by Crippen LogP contribution is 2.12. The zero-order valence-electron chi connectivity index (χ0n) is 10.5. The first-order valence-electron chi connectivity index (χ1n) is 5.89. The molecule has 0 fully saturated rings. The minimum Gasteiger partial charge on any atom is -0.313 e. The van der Waals surface area contributed by atoms with Crippen molar-refractivity contribution in [2.75, 3.05) is 6.54 Å². The summed E-state index contributed by atoms with van der Waals surface area (Å²) in [5, 5.41) is 3.43. The average Bonchev–Trinajstić information content (AvgIpc) is 2.16. The van der Waals surface area contributed by atoms with E-state index >= 15 is 0 Å². The Balaban J connectivity index is 2.73. The number of hydrogen-bond donors (Lipinski definition) is 1. The van der Waals surface area contributed by atoms with Crippen LogP contribution in [0, 0.1) is 26.2 Å². The molecule has 1 rings (SSSR count). The fraction of sp³-hybridized carbons (Fsp3) is 0.467. The quantitative estimate of drug-likeness (QED) is 0.745. The van der Waals surface area contributed by atoms with Crippen molar-refractivity contribution in [1.82, 2.24) is 5.32 Å². The standard InChI is InChI=1S/C15H21N/c1-5-7-15(16-6-2)11-14-9-12(3)8-13(4)10-14/h1,8-10,15-16H,6-7,11H2,2-4H3. The van der Waals surface area contributed by atoms with Crippen molar-refractivity contribution in [3.8, 4) is 12.3 Å². The average molecular weight is 215 g/mol. The van der Waals surface area contributed by atoms with Crippen LogP contribution in [0.25, 0.3) is 0 Å². The number of terminal acetylenes is 1. The molecule has 0 radical (unpaired) electrons. The SMILES string of the molecule is C#CCC(Cc1cc(C)cc(C)c1)NCC. The number of rotatable bonds is 5. The monoisotopic (exact) mass is 215 g/mol. The Morgan fingerprint density at radius 2 is 1.88 bits per heavy atom. The first-order chi connectivity index (χ1) is 7.65. The zero-order chi connectivity index (χ0) is 12.0. The van der Waals surface area contributed by atoms with Crippen molar-refractivity contribution < 1.29 is 0 Å². The summed E-state index contributed by atoms with van der Waals surface area (Å²) in [6, 6.07) is 7.09. The number of likely N-dealkylation sites (N-methyl/N-ethyl adjacent to an activating group) is 1. The third-order valence-corrected chi connectivity index (χ3v) is 2.62. The fourth-order valence-electron chi connectivity index (χ4n) is 2.12. The van der Waals surface area contributed by atoms with Crippen LogP contribution in [0.2, 0.25) is 0 Å². The molecule has 1 atom stereocenters. The molecule has 0 spiro atoms. The molecule has 1 nitrogen and oxygen atoms in total. The summed E-state index contributed by atoms with van der Waals surface area (Å²) in [5.41, 5.74) is 4.02. The van der Waals surface area contributed by atoms with Gasteiger partial charge >= 0.3 is 0 Å². The smallest absolute Gasteiger partial charge is 0.0243 e. The lowest BCUT2D eigenvalue weighted by atomic mass is 9.99. The Morgan fingerprint density at radius 3 is 2.38 bits per heavy atom. The molecule has 0 amide bonds. The van der Waals surface area contributed by atoms with E-state index in [1.54, 1.807) is 0 Å². The summed E-state index contributed by atoms with van der Waals surface area (Å²) in [7, 11) is 0. The van der Waals surface area contributed by atoms with E-state index in [9.17, 15) is 0 Å². The van der Waals surface area contributed by atoms with Crippen LogP contribution in [0.15, 0.2) is 18.2 Å². The van der Waals surface area contributed by atoms with Gasteiger partial charge in [0, 0.05) is 12.5 Å². The van der Waals surface area contributed by atoms with E-state index in [4.69, 9.17) is 6.42 Å². The molecular weight excluding hydrogens is 194 g/mol. The van der Waals surface area contributed by atoms with Gasteiger partial charge in [-0.25, -0.2) is 0 Å². The van der Waals surface area contributed by atoms with Crippen molar-refractivity contribution in [1.29, 1.82) is 0 Å². The van der Waals surface area contributed by atoms with E-state index in [1.807, 2.05) is 0 Å². The maximum atomic E-state index is 5.38. The highest BCUT2D eigenvalue weighted by Gasteiger charge is 2.07. The summed E-state index contributed by atoms with van der Waals surface area (Å²) in [6.45, 7) is 7.36. The second-order valence-corrected chi connectivity index (χ2v) is 4.36. The van der Waals surface area contributed by atoms with Gasteiger partial charge in [-0.15, -0.1) is 12.3 Å². The van der Waals surface area contributed by atoms with Gasteiger partial charge < -0.3 is 5.32 Å². The Kier molecular flexibility index (Phi) is 5.08. The van der Waals surface area contributed by atoms with Crippen LogP contribution >= 0.6 is 0 Å². The summed E-state index contributed by atoms with van der Waals surface area (Å²) in [4.78, 5) is 0. The van der Waals surface area contributed by atoms with Crippen LogP contribution < -0.4 is 5.32 Å². The van der Waals surface area contributed by atoms with Crippen molar-refractivity contribution in [2.24, 2.45) is 0 Å². The maximum Gasteiger partial charge on any atom is 0.0243 e. The van der Waals surface area contributed by atoms with Crippen LogP contribution in [0.1, 0.15) is 30.0 Å². The second kappa shape index (κ2) is 6.35. The molecule has 1 N–H and O–H groups in total. The van der Waals surface area contributed by atoms with Crippen LogP contribution in [-0.4, -0.2) is 12.6 Å². The molecule has 0 heterocycles. The molecule has 1 aromatic carbocycles. The molecular formula is C15H21N. The Hall–Kier alpha value is -1.26. The molecule has 16 heavy (non-hydrogen) atoms. The first kappa shape index (κ1) is 12.8. The fourth-order valence-corrected chi connectivity index (χ4v) is 2.12. The molecule has 0 bridgehead atoms. The number of benzene rings is 1. The van der Waals surface area contributed by atoms with Crippen LogP contribution in [-0.2, 0) is 6.42 Å². The zero-order valence-corrected chi connectivity index (χ0v) is 10.5. The number of aryl methyl sites for hydroxylation is 2. The lowest BCUT2D eigenvalue weighted by Crippen LogP contribution is -2.30. The van der Waals surface area contributed by atoms with Crippen LogP contribution in [0.4, 0.5) is 0 Å². The Morgan fingerprint density at radius 1 is 1.25 bits per heavy atom. The van der Waals surface area contributed by atoms with Gasteiger partial charge in [0.2, 0.25) is 0 Å². The van der Waals surface area contributed by atoms with E-state index in [-0.39, 0.29) is 0 Å². The minimum absolute atomic E-state index is 0.399. The molecule has 0 saturated heterocycles. The second-order valence-electron chi connectivity index (χ2n) is 4.36. The van der Waals surface area contributed by atoms with E-state index in [0.717, 1.165) is 19.4 Å². The lowest BCUT2D eigenvalue weighted by Gasteiger charge is -2.16. The van der Waals surface area contributed by atoms with Crippen molar-refractivity contribution in [3.05, 3.63) is 34.9 Å². The predicted molar refractivity (Wildman–Crippen MR) is 70.5 cm³/mol. The van der Waals surface area contributed by atoms with Crippen LogP contribution in [0.5, 0.6) is 0 Å². The summed E-state index contributed by atoms with van der Waals surface area (Å²) < 4.78 is 0. The van der Waals surface area contributed by atoms with E-state index in [0.29, 0.717) is 6.04 Å². The molecule has 0 aromatic heterocycles. The van der Waals surface area contributed by atoms with Crippen molar-refractivity contribution in [3.63, 3.8) is 0 Å². The maximum absolute atomic E-state index is 5.38. The van der Waals surface area contributed by atoms with Gasteiger partial charge in [-0.3, -0.25) is 0 Å². The van der Waals surface area contributed by atoms with Crippen LogP contribution in [0.3, 0.4) is 0 Å². The molecule has 0 saturated carbocycles. The van der Waals surface area contributed by atoms with Gasteiger partial charge in [-0.05, 0) is 32.4 Å². The van der Waals surface area contributed by atoms with E-state index in [1.165, 1.54) is 16.7 Å². The molecule has 0 aliphatic rings. The van der Waals surface area contributed by atoms with Gasteiger partial charge in [0.1, 0.15) is 0 Å². The van der Waals surface area contributed by atoms with Crippen molar-refractivity contribution >= 4 is 0 Å².